The Morgan fingerprint density at radius 3 is 2.62 bits per heavy atom. The monoisotopic (exact) mass is 313 g/mol. The molecule has 2 aliphatic rings. The first-order valence-corrected chi connectivity index (χ1v) is 8.74. The third kappa shape index (κ3) is 2.96. The van der Waals surface area contributed by atoms with Crippen LogP contribution in [0, 0.1) is 6.92 Å². The molecule has 1 aromatic rings. The highest BCUT2D eigenvalue weighted by Crippen LogP contribution is 2.23. The third-order valence-corrected chi connectivity index (χ3v) is 5.94. The molecule has 7 nitrogen and oxygen atoms in total. The first-order chi connectivity index (χ1) is 9.95. The van der Waals surface area contributed by atoms with Crippen LogP contribution in [0.1, 0.15) is 41.9 Å². The van der Waals surface area contributed by atoms with Crippen LogP contribution in [0.5, 0.6) is 0 Å². The number of sulfonamides is 1. The standard InChI is InChI=1S/C13H19N3O4S/c1-9-6-12(20-14-9)13(17)16-7-11(8-16)21(18,19)15-10-4-2-3-5-10/h6,10-11,15H,2-5,7-8H2,1H3. The van der Waals surface area contributed by atoms with Crippen molar-refractivity contribution in [3.63, 3.8) is 0 Å². The van der Waals surface area contributed by atoms with Gasteiger partial charge in [0.05, 0.1) is 5.69 Å². The molecule has 0 aromatic carbocycles. The molecule has 1 amide bonds. The number of nitrogens with zero attached hydrogens (tertiary/aromatic N) is 2. The summed E-state index contributed by atoms with van der Waals surface area (Å²) in [5, 5.41) is 3.14. The summed E-state index contributed by atoms with van der Waals surface area (Å²) in [7, 11) is -3.34. The van der Waals surface area contributed by atoms with E-state index in [9.17, 15) is 13.2 Å². The third-order valence-electron chi connectivity index (χ3n) is 4.10. The van der Waals surface area contributed by atoms with Crippen molar-refractivity contribution in [3.8, 4) is 0 Å². The second-order valence-corrected chi connectivity index (χ2v) is 7.80. The second-order valence-electron chi connectivity index (χ2n) is 5.81. The van der Waals surface area contributed by atoms with Crippen LogP contribution >= 0.6 is 0 Å². The lowest BCUT2D eigenvalue weighted by atomic mass is 10.2. The Labute approximate surface area is 123 Å². The topological polar surface area (TPSA) is 92.5 Å². The zero-order valence-corrected chi connectivity index (χ0v) is 12.7. The molecule has 116 valence electrons. The fourth-order valence-corrected chi connectivity index (χ4v) is 4.44. The van der Waals surface area contributed by atoms with Gasteiger partial charge in [-0.05, 0) is 19.8 Å². The zero-order chi connectivity index (χ0) is 15.0. The van der Waals surface area contributed by atoms with Gasteiger partial charge in [-0.3, -0.25) is 4.79 Å². The van der Waals surface area contributed by atoms with Crippen LogP contribution in [0.25, 0.3) is 0 Å². The van der Waals surface area contributed by atoms with Crippen molar-refractivity contribution in [2.75, 3.05) is 13.1 Å². The number of carbonyl (C=O) groups is 1. The maximum absolute atomic E-state index is 12.2. The smallest absolute Gasteiger partial charge is 0.292 e. The molecule has 0 unspecified atom stereocenters. The van der Waals surface area contributed by atoms with Crippen LogP contribution in [0.15, 0.2) is 10.6 Å². The van der Waals surface area contributed by atoms with Gasteiger partial charge >= 0.3 is 0 Å². The molecule has 1 saturated carbocycles. The summed E-state index contributed by atoms with van der Waals surface area (Å²) in [5.41, 5.74) is 0.631. The average Bonchev–Trinajstić information content (AvgIpc) is 2.97. The number of aryl methyl sites for hydroxylation is 1. The van der Waals surface area contributed by atoms with Gasteiger partial charge in [0, 0.05) is 25.2 Å². The van der Waals surface area contributed by atoms with Crippen LogP contribution in [0.3, 0.4) is 0 Å². The Balaban J connectivity index is 1.56. The van der Waals surface area contributed by atoms with Gasteiger partial charge in [0.1, 0.15) is 5.25 Å². The summed E-state index contributed by atoms with van der Waals surface area (Å²) in [6.07, 6.45) is 3.97. The predicted molar refractivity (Wildman–Crippen MR) is 75.2 cm³/mol. The van der Waals surface area contributed by atoms with Crippen LogP contribution in [-0.4, -0.2) is 48.8 Å². The molecule has 1 aromatic heterocycles. The Morgan fingerprint density at radius 2 is 2.05 bits per heavy atom. The van der Waals surface area contributed by atoms with Crippen LogP contribution < -0.4 is 4.72 Å². The normalized spacial score (nSPS) is 20.7. The highest BCUT2D eigenvalue weighted by atomic mass is 32.2. The van der Waals surface area contributed by atoms with E-state index in [1.807, 2.05) is 0 Å². The number of aromatic nitrogens is 1. The first-order valence-electron chi connectivity index (χ1n) is 7.19. The molecule has 21 heavy (non-hydrogen) atoms. The van der Waals surface area contributed by atoms with Gasteiger partial charge in [0.2, 0.25) is 15.8 Å². The van der Waals surface area contributed by atoms with Crippen molar-refractivity contribution >= 4 is 15.9 Å². The molecule has 3 rings (SSSR count). The summed E-state index contributed by atoms with van der Waals surface area (Å²) >= 11 is 0. The fraction of sp³-hybridized carbons (Fsp3) is 0.692. The van der Waals surface area contributed by atoms with Crippen LogP contribution in [-0.2, 0) is 10.0 Å². The van der Waals surface area contributed by atoms with Gasteiger partial charge in [-0.1, -0.05) is 18.0 Å². The van der Waals surface area contributed by atoms with Gasteiger partial charge in [-0.15, -0.1) is 0 Å². The number of rotatable bonds is 4. The minimum atomic E-state index is -3.34. The number of hydrogen-bond acceptors (Lipinski definition) is 5. The molecule has 0 radical (unpaired) electrons. The summed E-state index contributed by atoms with van der Waals surface area (Å²) in [5.74, 6) is -0.144. The number of carbonyl (C=O) groups excluding carboxylic acids is 1. The molecule has 1 saturated heterocycles. The van der Waals surface area contributed by atoms with Gasteiger partial charge in [0.15, 0.2) is 0 Å². The largest absolute Gasteiger partial charge is 0.351 e. The Kier molecular flexibility index (Phi) is 3.75. The van der Waals surface area contributed by atoms with Crippen molar-refractivity contribution in [2.45, 2.75) is 43.9 Å². The maximum atomic E-state index is 12.2. The molecule has 1 aliphatic heterocycles. The lowest BCUT2D eigenvalue weighted by molar-refractivity contribution is 0.0615. The number of nitrogens with one attached hydrogen (secondary N) is 1. The Bertz CT molecular complexity index is 628. The summed E-state index contributed by atoms with van der Waals surface area (Å²) < 4.78 is 32.0. The molecular weight excluding hydrogens is 294 g/mol. The quantitative estimate of drug-likeness (QED) is 0.882. The van der Waals surface area contributed by atoms with E-state index in [4.69, 9.17) is 4.52 Å². The molecule has 8 heteroatoms. The second kappa shape index (κ2) is 5.42. The molecule has 2 heterocycles. The number of likely N-dealkylation sites (tertiary alicyclic amines) is 1. The number of hydrogen-bond donors (Lipinski definition) is 1. The predicted octanol–water partition coefficient (Wildman–Crippen LogP) is 0.669. The van der Waals surface area contributed by atoms with Crippen LogP contribution in [0.4, 0.5) is 0 Å². The Morgan fingerprint density at radius 1 is 1.38 bits per heavy atom. The molecule has 0 spiro atoms. The summed E-state index contributed by atoms with van der Waals surface area (Å²) in [6.45, 7) is 2.15. The molecule has 0 bridgehead atoms. The van der Waals surface area contributed by atoms with E-state index < -0.39 is 15.3 Å². The Hall–Kier alpha value is -1.41. The first kappa shape index (κ1) is 14.5. The average molecular weight is 313 g/mol. The molecule has 0 atom stereocenters. The van der Waals surface area contributed by atoms with Crippen molar-refractivity contribution in [3.05, 3.63) is 17.5 Å². The maximum Gasteiger partial charge on any atom is 0.292 e. The van der Waals surface area contributed by atoms with E-state index >= 15 is 0 Å². The van der Waals surface area contributed by atoms with Gasteiger partial charge in [0.25, 0.3) is 5.91 Å². The lowest BCUT2D eigenvalue weighted by Gasteiger charge is -2.38. The van der Waals surface area contributed by atoms with E-state index in [0.29, 0.717) is 5.69 Å². The van der Waals surface area contributed by atoms with Gasteiger partial charge in [-0.25, -0.2) is 13.1 Å². The minimum absolute atomic E-state index is 0.0664. The summed E-state index contributed by atoms with van der Waals surface area (Å²) in [6, 6.07) is 1.62. The van der Waals surface area contributed by atoms with E-state index in [1.165, 1.54) is 4.90 Å². The van der Waals surface area contributed by atoms with E-state index in [1.54, 1.807) is 13.0 Å². The highest BCUT2D eigenvalue weighted by Gasteiger charge is 2.41. The lowest BCUT2D eigenvalue weighted by Crippen LogP contribution is -2.60. The highest BCUT2D eigenvalue weighted by molar-refractivity contribution is 7.90. The molecule has 1 aliphatic carbocycles. The minimum Gasteiger partial charge on any atom is -0.351 e. The fourth-order valence-electron chi connectivity index (χ4n) is 2.79. The van der Waals surface area contributed by atoms with E-state index in [-0.39, 0.29) is 30.8 Å². The van der Waals surface area contributed by atoms with Crippen LogP contribution in [0.2, 0.25) is 0 Å². The van der Waals surface area contributed by atoms with E-state index in [0.717, 1.165) is 25.7 Å². The van der Waals surface area contributed by atoms with Gasteiger partial charge in [-0.2, -0.15) is 0 Å². The zero-order valence-electron chi connectivity index (χ0n) is 11.9. The summed E-state index contributed by atoms with van der Waals surface area (Å²) in [4.78, 5) is 13.5. The SMILES string of the molecule is Cc1cc(C(=O)N2CC(S(=O)(=O)NC3CCCC3)C2)on1. The molecular formula is C13H19N3O4S. The number of amides is 1. The molecule has 2 fully saturated rings. The van der Waals surface area contributed by atoms with Gasteiger partial charge < -0.3 is 9.42 Å². The van der Waals surface area contributed by atoms with E-state index in [2.05, 4.69) is 9.88 Å². The molecule has 1 N–H and O–H groups in total. The van der Waals surface area contributed by atoms with Crippen molar-refractivity contribution in [2.24, 2.45) is 0 Å². The van der Waals surface area contributed by atoms with Crippen molar-refractivity contribution in [1.29, 1.82) is 0 Å². The van der Waals surface area contributed by atoms with Crippen molar-refractivity contribution in [1.82, 2.24) is 14.8 Å². The van der Waals surface area contributed by atoms with Crippen molar-refractivity contribution < 1.29 is 17.7 Å².